The predicted octanol–water partition coefficient (Wildman–Crippen LogP) is 17.7. The van der Waals surface area contributed by atoms with E-state index in [0.717, 1.165) is 0 Å². The van der Waals surface area contributed by atoms with E-state index < -0.39 is 21.8 Å². The molecule has 33 rings (SSSR count). The van der Waals surface area contributed by atoms with Crippen molar-refractivity contribution >= 4 is 297 Å². The smallest absolute Gasteiger partial charge is 0.314 e. The Balaban J connectivity index is 1.19. The normalized spacial score (nSPS) is 24.8. The predicted molar refractivity (Wildman–Crippen MR) is 288 cm³/mol. The lowest BCUT2D eigenvalue weighted by Gasteiger charge is -2.32. The van der Waals surface area contributed by atoms with Crippen molar-refractivity contribution in [1.82, 2.24) is 0 Å². The zero-order valence-electron chi connectivity index (χ0n) is 36.3. The van der Waals surface area contributed by atoms with E-state index in [1.165, 1.54) is 0 Å². The number of rotatable bonds is 1. The van der Waals surface area contributed by atoms with E-state index >= 15 is 4.79 Å². The fourth-order valence-electron chi connectivity index (χ4n) is 25.7. The average Bonchev–Trinajstić information content (AvgIpc) is 4.32. The molecule has 292 valence electrons. The van der Waals surface area contributed by atoms with Gasteiger partial charge in [0.2, 0.25) is 0 Å². The fourth-order valence-corrected chi connectivity index (χ4v) is 25.7. The van der Waals surface area contributed by atoms with E-state index in [2.05, 4.69) is 27.7 Å². The van der Waals surface area contributed by atoms with Gasteiger partial charge in [0.1, 0.15) is 5.60 Å². The highest BCUT2D eigenvalue weighted by Gasteiger charge is 2.96. The van der Waals surface area contributed by atoms with Crippen molar-refractivity contribution in [1.29, 1.82) is 0 Å². The van der Waals surface area contributed by atoms with E-state index in [4.69, 9.17) is 4.74 Å². The summed E-state index contributed by atoms with van der Waals surface area (Å²) in [5.74, 6) is 0.0185. The van der Waals surface area contributed by atoms with Crippen LogP contribution in [-0.2, 0) is 20.4 Å². The molecular formula is C67H12O2. The number of benzene rings is 18. The lowest BCUT2D eigenvalue weighted by atomic mass is 9.68. The van der Waals surface area contributed by atoms with Crippen LogP contribution in [0.25, 0.3) is 291 Å². The second kappa shape index (κ2) is 5.53. The second-order valence-corrected chi connectivity index (χ2v) is 26.9. The van der Waals surface area contributed by atoms with Gasteiger partial charge in [-0.1, -0.05) is 0 Å². The van der Waals surface area contributed by atoms with Gasteiger partial charge < -0.3 is 4.74 Å². The molecule has 0 amide bonds. The van der Waals surface area contributed by atoms with Gasteiger partial charge in [-0.2, -0.15) is 0 Å². The Kier molecular flexibility index (Phi) is 2.08. The van der Waals surface area contributed by atoms with E-state index in [-0.39, 0.29) is 5.97 Å². The molecule has 28 aromatic rings. The Labute approximate surface area is 376 Å². The molecule has 28 aromatic carbocycles. The molecule has 2 spiro atoms. The first-order valence-corrected chi connectivity index (χ1v) is 25.9. The van der Waals surface area contributed by atoms with Gasteiger partial charge in [-0.15, -0.1) is 0 Å². The molecule has 69 heavy (non-hydrogen) atoms. The maximum atomic E-state index is 16.6. The molecule has 0 radical (unpaired) electrons. The zero-order chi connectivity index (χ0) is 41.8. The summed E-state index contributed by atoms with van der Waals surface area (Å²) in [5.41, 5.74) is 3.56. The summed E-state index contributed by atoms with van der Waals surface area (Å²) in [4.78, 5) is 16.6. The second-order valence-electron chi connectivity index (χ2n) is 26.9. The molecule has 5 aliphatic carbocycles. The summed E-state index contributed by atoms with van der Waals surface area (Å²) in [6.07, 6.45) is 0. The molecule has 0 unspecified atom stereocenters. The van der Waals surface area contributed by atoms with Crippen LogP contribution in [-0.4, -0.2) is 11.6 Å². The molecule has 0 saturated heterocycles. The van der Waals surface area contributed by atoms with Crippen molar-refractivity contribution in [3.05, 3.63) is 22.3 Å². The quantitative estimate of drug-likeness (QED) is 0.121. The summed E-state index contributed by atoms with van der Waals surface area (Å²) in [7, 11) is 0. The highest BCUT2D eigenvalue weighted by atomic mass is 16.6. The zero-order valence-corrected chi connectivity index (χ0v) is 36.3. The van der Waals surface area contributed by atoms with Gasteiger partial charge in [0.15, 0.2) is 0 Å². The van der Waals surface area contributed by atoms with Crippen molar-refractivity contribution in [3.8, 4) is 0 Å². The first-order valence-electron chi connectivity index (χ1n) is 25.9. The van der Waals surface area contributed by atoms with Crippen LogP contribution < -0.4 is 0 Å². The SMILES string of the molecule is CC(C)(C)OC(=O)C1(C)C23c4c5c6c7c8c9c(c%10c%11c2c2c4c4c%12c5c5c6c6c8c8c%13c9c9c%10c%10c%11c%11c2c2c4c4c%12c%12c5c5c6c8c6c8c%13c9c9c%10c%10c%11c2c2c4c4c%12c5c6c5c8c9c%10c2c45)C713. The molecule has 1 saturated carbocycles. The average molecular weight is 849 g/mol. The maximum Gasteiger partial charge on any atom is 0.314 e. The van der Waals surface area contributed by atoms with Crippen LogP contribution in [0.3, 0.4) is 0 Å². The number of hydrogen-bond acceptors (Lipinski definition) is 2. The summed E-state index contributed by atoms with van der Waals surface area (Å²) in [6.45, 7) is 8.81. The molecule has 0 atom stereocenters. The van der Waals surface area contributed by atoms with E-state index in [0.29, 0.717) is 0 Å². The standard InChI is InChI=1S/C67H12O2/c1-64(2,3)69-63(68)65(4)66-59-51-43-33-23-15-7-5-6-9-13-11(7)19-27-21(13)31-25-17(9)18-10(6)14-12-8(5)16(15)24-30-20(12)28-22(14)32-26(18)36-35(25)45-39(31)49-41(27)47(37(43)29(19)23)55(59)57(49)61-53(45)54-46(36)40(32)50-42(28)48-38(30)44(34(24)33)52(51)60(66)56(48)58(50)62(54)67(61,65)66/h1-4H3. The van der Waals surface area contributed by atoms with Crippen LogP contribution in [0.5, 0.6) is 0 Å². The van der Waals surface area contributed by atoms with Gasteiger partial charge >= 0.3 is 5.97 Å². The van der Waals surface area contributed by atoms with Crippen LogP contribution in [0, 0.1) is 5.41 Å². The summed E-state index contributed by atoms with van der Waals surface area (Å²) < 4.78 is 7.06. The lowest BCUT2D eigenvalue weighted by molar-refractivity contribution is -0.162. The van der Waals surface area contributed by atoms with Crippen molar-refractivity contribution in [2.45, 2.75) is 44.1 Å². The Morgan fingerprint density at radius 2 is 0.362 bits per heavy atom. The third kappa shape index (κ3) is 1.31. The van der Waals surface area contributed by atoms with Gasteiger partial charge in [-0.25, -0.2) is 0 Å². The van der Waals surface area contributed by atoms with E-state index in [9.17, 15) is 0 Å². The molecule has 0 bridgehead atoms. The summed E-state index contributed by atoms with van der Waals surface area (Å²) in [5, 5.41) is 85.8. The minimum absolute atomic E-state index is 0.0185. The van der Waals surface area contributed by atoms with Crippen molar-refractivity contribution in [2.24, 2.45) is 5.41 Å². The molecular weight excluding hydrogens is 837 g/mol. The number of hydrogen-bond donors (Lipinski definition) is 0. The van der Waals surface area contributed by atoms with Crippen LogP contribution in [0.4, 0.5) is 0 Å². The van der Waals surface area contributed by atoms with Gasteiger partial charge in [-0.3, -0.25) is 4.79 Å². The molecule has 1 fully saturated rings. The van der Waals surface area contributed by atoms with Crippen LogP contribution >= 0.6 is 0 Å². The molecule has 2 heteroatoms. The molecule has 0 aromatic heterocycles. The number of carbonyl (C=O) groups excluding carboxylic acids is 1. The van der Waals surface area contributed by atoms with Crippen molar-refractivity contribution < 1.29 is 9.53 Å². The maximum absolute atomic E-state index is 16.6. The van der Waals surface area contributed by atoms with Crippen LogP contribution in [0.2, 0.25) is 0 Å². The minimum atomic E-state index is -0.850. The number of esters is 1. The highest BCUT2D eigenvalue weighted by Crippen LogP contribution is 2.96. The molecule has 2 nitrogen and oxygen atoms in total. The van der Waals surface area contributed by atoms with Gasteiger partial charge in [0, 0.05) is 0 Å². The first-order chi connectivity index (χ1) is 33.9. The molecule has 0 heterocycles. The first kappa shape index (κ1) is 25.9. The van der Waals surface area contributed by atoms with E-state index in [1.807, 2.05) is 0 Å². The monoisotopic (exact) mass is 848 g/mol. The molecule has 5 aliphatic rings. The minimum Gasteiger partial charge on any atom is -0.459 e. The van der Waals surface area contributed by atoms with Crippen molar-refractivity contribution in [2.75, 3.05) is 0 Å². The van der Waals surface area contributed by atoms with E-state index in [1.54, 1.807) is 313 Å². The Morgan fingerprint density at radius 3 is 0.478 bits per heavy atom. The third-order valence-corrected chi connectivity index (χ3v) is 25.6. The number of ether oxygens (including phenoxy) is 1. The lowest BCUT2D eigenvalue weighted by Crippen LogP contribution is -2.33. The number of carbonyl (C=O) groups is 1. The van der Waals surface area contributed by atoms with Crippen molar-refractivity contribution in [3.63, 3.8) is 0 Å². The molecule has 0 N–H and O–H groups in total. The molecule has 0 aliphatic heterocycles. The third-order valence-electron chi connectivity index (χ3n) is 25.6. The Morgan fingerprint density at radius 1 is 0.246 bits per heavy atom. The van der Waals surface area contributed by atoms with Gasteiger partial charge in [-0.05, 0) is 341 Å². The summed E-state index contributed by atoms with van der Waals surface area (Å²) >= 11 is 0. The van der Waals surface area contributed by atoms with Gasteiger partial charge in [0.25, 0.3) is 0 Å². The van der Waals surface area contributed by atoms with Crippen LogP contribution in [0.15, 0.2) is 0 Å². The Hall–Kier alpha value is -8.07. The van der Waals surface area contributed by atoms with Gasteiger partial charge in [0.05, 0.1) is 16.2 Å². The Bertz CT molecular complexity index is 6660. The largest absolute Gasteiger partial charge is 0.459 e. The summed E-state index contributed by atoms with van der Waals surface area (Å²) in [6, 6.07) is 0. The highest BCUT2D eigenvalue weighted by molar-refractivity contribution is 6.82. The van der Waals surface area contributed by atoms with Crippen LogP contribution in [0.1, 0.15) is 49.9 Å². The topological polar surface area (TPSA) is 26.3 Å². The fraction of sp³-hybridized carbons (Fsp3) is 0.119.